The zero-order valence-corrected chi connectivity index (χ0v) is 48.2. The lowest BCUT2D eigenvalue weighted by atomic mass is 9.35. The summed E-state index contributed by atoms with van der Waals surface area (Å²) in [6.45, 7) is 41.5. The first-order valence-corrected chi connectivity index (χ1v) is 28.6. The van der Waals surface area contributed by atoms with Crippen molar-refractivity contribution in [1.82, 2.24) is 0 Å². The second kappa shape index (κ2) is 15.6. The van der Waals surface area contributed by atoms with Gasteiger partial charge in [-0.2, -0.15) is 0 Å². The quantitative estimate of drug-likeness (QED) is 0.129. The Labute approximate surface area is 443 Å². The standard InChI is InChI=1S/C69H79BN2S/c1-41-34-57-60-58(35-41)72(55-39-52-50(66(10,11)30-32-68(52,14)15)36-46(55)45-21-19-18-20-42(45)2)56-40-53-51(67(12,13)31-33-69(53,16)17)38-54(56)70(60)62-61(71(57)44-24-22-43(23-25-44)63(3,4)5)47-37-49-48(26-27-59(47)73-62)64(6,7)28-29-65(49,8)9/h18-25,27,34-40H,28-33H2,1-17H3. The van der Waals surface area contributed by atoms with Gasteiger partial charge in [-0.15, -0.1) is 17.1 Å². The molecule has 0 radical (unpaired) electrons. The predicted molar refractivity (Wildman–Crippen MR) is 319 cm³/mol. The predicted octanol–water partition coefficient (Wildman–Crippen LogP) is 17.9. The van der Waals surface area contributed by atoms with E-state index in [4.69, 9.17) is 0 Å². The van der Waals surface area contributed by atoms with Crippen LogP contribution in [0.4, 0.5) is 34.1 Å². The molecule has 1 saturated carbocycles. The van der Waals surface area contributed by atoms with Crippen molar-refractivity contribution in [3.8, 4) is 11.1 Å². The van der Waals surface area contributed by atoms with Crippen molar-refractivity contribution in [2.75, 3.05) is 9.80 Å². The van der Waals surface area contributed by atoms with Crippen LogP contribution in [0.5, 0.6) is 0 Å². The van der Waals surface area contributed by atoms with E-state index in [-0.39, 0.29) is 44.6 Å². The normalized spacial score (nSPS) is 20.8. The lowest BCUT2D eigenvalue weighted by molar-refractivity contribution is 0.262. The topological polar surface area (TPSA) is 6.48 Å². The van der Waals surface area contributed by atoms with Crippen LogP contribution in [-0.4, -0.2) is 6.71 Å². The third-order valence-corrected chi connectivity index (χ3v) is 20.6. The van der Waals surface area contributed by atoms with Crippen molar-refractivity contribution < 1.29 is 0 Å². The van der Waals surface area contributed by atoms with Gasteiger partial charge in [0.2, 0.25) is 0 Å². The first-order chi connectivity index (χ1) is 34.1. The molecule has 6 aliphatic rings. The van der Waals surface area contributed by atoms with Gasteiger partial charge in [-0.25, -0.2) is 0 Å². The molecule has 0 unspecified atom stereocenters. The fourth-order valence-electron chi connectivity index (χ4n) is 14.2. The van der Waals surface area contributed by atoms with Crippen LogP contribution >= 0.6 is 11.3 Å². The Bertz CT molecular complexity index is 3460. The summed E-state index contributed by atoms with van der Waals surface area (Å²) < 4.78 is 1.44. The number of hydrogen-bond acceptors (Lipinski definition) is 3. The summed E-state index contributed by atoms with van der Waals surface area (Å²) in [4.78, 5) is 6.80. The number of aryl methyl sites for hydroxylation is 2. The fourth-order valence-corrected chi connectivity index (χ4v) is 15.5. The number of thiophene rings is 1. The maximum absolute atomic E-state index is 4.04. The molecule has 0 amide bonds. The van der Waals surface area contributed by atoms with Crippen LogP contribution in [0, 0.1) is 24.7 Å². The van der Waals surface area contributed by atoms with Crippen LogP contribution in [0.3, 0.4) is 0 Å². The van der Waals surface area contributed by atoms with Gasteiger partial charge in [0.05, 0.1) is 11.4 Å². The molecule has 3 heterocycles. The number of fused-ring (bicyclic) bond motifs is 9. The molecule has 6 aromatic rings. The molecule has 73 heavy (non-hydrogen) atoms. The number of benzene rings is 5. The van der Waals surface area contributed by atoms with E-state index in [1.165, 1.54) is 147 Å². The second-order valence-electron chi connectivity index (χ2n) is 28.4. The Kier molecular flexibility index (Phi) is 10.4. The fraction of sp³-hybridized carbons (Fsp3) is 0.435. The molecule has 4 aliphatic carbocycles. The highest BCUT2D eigenvalue weighted by molar-refractivity contribution is 7.30. The van der Waals surface area contributed by atoms with E-state index in [9.17, 15) is 0 Å². The highest BCUT2D eigenvalue weighted by atomic mass is 32.1. The lowest BCUT2D eigenvalue weighted by Crippen LogP contribution is -2.61. The summed E-state index contributed by atoms with van der Waals surface area (Å²) in [6.07, 6.45) is 12.0. The molecule has 0 atom stereocenters. The van der Waals surface area contributed by atoms with Crippen LogP contribution in [0.15, 0.2) is 102 Å². The first-order valence-electron chi connectivity index (χ1n) is 27.8. The molecule has 5 aromatic carbocycles. The van der Waals surface area contributed by atoms with Crippen LogP contribution < -0.4 is 25.5 Å². The van der Waals surface area contributed by atoms with Gasteiger partial charge >= 0.3 is 0 Å². The van der Waals surface area contributed by atoms with Gasteiger partial charge in [-0.1, -0.05) is 146 Å². The molecule has 12 rings (SSSR count). The Morgan fingerprint density at radius 3 is 1.68 bits per heavy atom. The van der Waals surface area contributed by atoms with Crippen LogP contribution in [0.1, 0.15) is 192 Å². The summed E-state index contributed by atoms with van der Waals surface area (Å²) in [6, 6.07) is 34.6. The largest absolute Gasteiger partial charge is 0.311 e. The van der Waals surface area contributed by atoms with Crippen molar-refractivity contribution >= 4 is 80.0 Å². The van der Waals surface area contributed by atoms with Crippen molar-refractivity contribution in [3.63, 3.8) is 0 Å². The number of hydrogen-bond donors (Lipinski definition) is 0. The van der Waals surface area contributed by atoms with Gasteiger partial charge in [-0.05, 0) is 206 Å². The number of rotatable bonds is 3. The third kappa shape index (κ3) is 7.30. The van der Waals surface area contributed by atoms with E-state index in [0.717, 1.165) is 12.8 Å². The van der Waals surface area contributed by atoms with E-state index in [1.807, 2.05) is 11.3 Å². The molecule has 0 spiro atoms. The Morgan fingerprint density at radius 2 is 1.08 bits per heavy atom. The SMILES string of the molecule is Cc1cc2c3c(c1)N(c1ccc(C(C)(C)C)cc1)c1c(sc4c1C=C1C(=C=C4)C(C)(C)CCC1(C)C)B3c1cc3c(cc1N2c1cc2c(cc1-c1ccccc1C)C(C)(C)CCC2(C)C)C(C)(C)CCC3(C)C. The Hall–Kier alpha value is -5.28. The molecule has 2 aliphatic heterocycles. The highest BCUT2D eigenvalue weighted by Gasteiger charge is 2.50. The van der Waals surface area contributed by atoms with Gasteiger partial charge in [-0.3, -0.25) is 0 Å². The van der Waals surface area contributed by atoms with Crippen molar-refractivity contribution in [3.05, 3.63) is 151 Å². The Balaban J connectivity index is 1.24. The Morgan fingerprint density at radius 1 is 0.548 bits per heavy atom. The lowest BCUT2D eigenvalue weighted by Gasteiger charge is -2.48. The van der Waals surface area contributed by atoms with Gasteiger partial charge in [0, 0.05) is 49.1 Å². The van der Waals surface area contributed by atoms with Crippen LogP contribution in [0.2, 0.25) is 0 Å². The summed E-state index contributed by atoms with van der Waals surface area (Å²) in [5.74, 6) is 0. The zero-order valence-electron chi connectivity index (χ0n) is 47.4. The van der Waals surface area contributed by atoms with Crippen molar-refractivity contribution in [2.45, 2.75) is 183 Å². The van der Waals surface area contributed by atoms with E-state index in [0.29, 0.717) is 0 Å². The minimum Gasteiger partial charge on any atom is -0.311 e. The average molecular weight is 979 g/mol. The molecule has 374 valence electrons. The number of nitrogens with zero attached hydrogens (tertiary/aromatic N) is 2. The van der Waals surface area contributed by atoms with Crippen LogP contribution in [-0.2, 0) is 27.1 Å². The van der Waals surface area contributed by atoms with Gasteiger partial charge < -0.3 is 9.80 Å². The molecule has 0 saturated heterocycles. The molecule has 1 fully saturated rings. The molecule has 2 nitrogen and oxygen atoms in total. The van der Waals surface area contributed by atoms with Gasteiger partial charge in [0.25, 0.3) is 6.71 Å². The molecular formula is C69H79BN2S. The summed E-state index contributed by atoms with van der Waals surface area (Å²) in [5, 5.41) is 0. The van der Waals surface area contributed by atoms with E-state index < -0.39 is 0 Å². The molecule has 1 aromatic heterocycles. The smallest absolute Gasteiger partial charge is 0.264 e. The second-order valence-corrected chi connectivity index (χ2v) is 29.5. The number of anilines is 6. The molecular weight excluding hydrogens is 900 g/mol. The summed E-state index contributed by atoms with van der Waals surface area (Å²) >= 11 is 2.03. The molecule has 4 heteroatoms. The maximum Gasteiger partial charge on any atom is 0.264 e. The van der Waals surface area contributed by atoms with Crippen LogP contribution in [0.25, 0.3) is 23.3 Å². The van der Waals surface area contributed by atoms with Gasteiger partial charge in [0.15, 0.2) is 0 Å². The minimum absolute atomic E-state index is 0.0248. The van der Waals surface area contributed by atoms with Crippen molar-refractivity contribution in [1.29, 1.82) is 0 Å². The summed E-state index contributed by atoms with van der Waals surface area (Å²) in [7, 11) is 0. The van der Waals surface area contributed by atoms with E-state index in [1.54, 1.807) is 0 Å². The monoisotopic (exact) mass is 979 g/mol. The van der Waals surface area contributed by atoms with E-state index in [2.05, 4.69) is 230 Å². The minimum atomic E-state index is 0.0248. The van der Waals surface area contributed by atoms with E-state index >= 15 is 0 Å². The highest BCUT2D eigenvalue weighted by Crippen LogP contribution is 2.58. The molecule has 0 bridgehead atoms. The maximum atomic E-state index is 4.04. The first kappa shape index (κ1) is 48.7. The zero-order chi connectivity index (χ0) is 51.9. The third-order valence-electron chi connectivity index (χ3n) is 19.4. The summed E-state index contributed by atoms with van der Waals surface area (Å²) in [5.41, 5.74) is 31.7. The van der Waals surface area contributed by atoms with Gasteiger partial charge in [0.1, 0.15) is 0 Å². The van der Waals surface area contributed by atoms with Crippen molar-refractivity contribution in [2.24, 2.45) is 10.8 Å². The number of allylic oxidation sites excluding steroid dienone is 2. The average Bonchev–Trinajstić information content (AvgIpc) is 3.53. The molecule has 0 N–H and O–H groups in total.